The summed E-state index contributed by atoms with van der Waals surface area (Å²) in [5, 5.41) is 10.2. The fraction of sp³-hybridized carbons (Fsp3) is 0.429. The van der Waals surface area contributed by atoms with Gasteiger partial charge in [0.15, 0.2) is 0 Å². The van der Waals surface area contributed by atoms with Crippen LogP contribution in [0.15, 0.2) is 30.3 Å². The van der Waals surface area contributed by atoms with E-state index in [9.17, 15) is 4.79 Å². The van der Waals surface area contributed by atoms with Gasteiger partial charge in [0, 0.05) is 6.54 Å². The highest BCUT2D eigenvalue weighted by molar-refractivity contribution is 5.85. The minimum absolute atomic E-state index is 0.0160. The number of hydrogen-bond acceptors (Lipinski definition) is 3. The second-order valence-electron chi connectivity index (χ2n) is 5.30. The molecule has 19 heavy (non-hydrogen) atoms. The Bertz CT molecular complexity index is 438. The molecule has 0 aliphatic rings. The average Bonchev–Trinajstić information content (AvgIpc) is 2.27. The summed E-state index contributed by atoms with van der Waals surface area (Å²) in [4.78, 5) is 11.6. The molecule has 0 aliphatic carbocycles. The van der Waals surface area contributed by atoms with Gasteiger partial charge in [-0.3, -0.25) is 5.41 Å². The van der Waals surface area contributed by atoms with Gasteiger partial charge in [0.2, 0.25) is 0 Å². The van der Waals surface area contributed by atoms with Crippen LogP contribution in [-0.2, 0) is 4.74 Å². The Hall–Kier alpha value is -2.04. The fourth-order valence-electron chi connectivity index (χ4n) is 1.59. The highest BCUT2D eigenvalue weighted by Gasteiger charge is 2.19. The number of amides is 1. The van der Waals surface area contributed by atoms with Crippen LogP contribution in [0.4, 0.5) is 4.79 Å². The number of benzene rings is 1. The molecule has 1 amide bonds. The number of amidine groups is 1. The van der Waals surface area contributed by atoms with E-state index in [2.05, 4.69) is 5.32 Å². The van der Waals surface area contributed by atoms with Crippen LogP contribution in [0.5, 0.6) is 0 Å². The maximum Gasteiger partial charge on any atom is 0.407 e. The standard InChI is InChI=1S/C14H21N3O2/c1-14(2,3)19-13(18)17-9-11(12(15)16)10-7-5-4-6-8-10/h4-8,11H,9H2,1-3H3,(H3,15,16)(H,17,18)/t11-/m0/s1. The van der Waals surface area contributed by atoms with Gasteiger partial charge in [-0.15, -0.1) is 0 Å². The average molecular weight is 263 g/mol. The number of nitrogens with two attached hydrogens (primary N) is 1. The Morgan fingerprint density at radius 1 is 1.37 bits per heavy atom. The molecule has 0 aromatic heterocycles. The normalized spacial score (nSPS) is 12.6. The Kier molecular flexibility index (Phi) is 4.92. The fourth-order valence-corrected chi connectivity index (χ4v) is 1.59. The quantitative estimate of drug-likeness (QED) is 0.575. The molecular formula is C14H21N3O2. The molecule has 4 N–H and O–H groups in total. The maximum atomic E-state index is 11.6. The van der Waals surface area contributed by atoms with E-state index in [1.807, 2.05) is 30.3 Å². The largest absolute Gasteiger partial charge is 0.444 e. The van der Waals surface area contributed by atoms with Crippen LogP contribution in [0.2, 0.25) is 0 Å². The number of nitrogens with one attached hydrogen (secondary N) is 2. The molecule has 0 saturated heterocycles. The lowest BCUT2D eigenvalue weighted by Gasteiger charge is -2.21. The highest BCUT2D eigenvalue weighted by Crippen LogP contribution is 2.14. The summed E-state index contributed by atoms with van der Waals surface area (Å²) in [6.45, 7) is 5.64. The molecule has 0 heterocycles. The van der Waals surface area contributed by atoms with E-state index in [-0.39, 0.29) is 18.3 Å². The second kappa shape index (κ2) is 6.22. The number of carbonyl (C=O) groups excluding carboxylic acids is 1. The minimum atomic E-state index is -0.539. The highest BCUT2D eigenvalue weighted by atomic mass is 16.6. The van der Waals surface area contributed by atoms with Crippen LogP contribution in [-0.4, -0.2) is 24.1 Å². The molecule has 1 aromatic rings. The van der Waals surface area contributed by atoms with Gasteiger partial charge < -0.3 is 15.8 Å². The van der Waals surface area contributed by atoms with Crippen molar-refractivity contribution in [2.24, 2.45) is 5.73 Å². The third-order valence-corrected chi connectivity index (χ3v) is 2.43. The minimum Gasteiger partial charge on any atom is -0.444 e. The van der Waals surface area contributed by atoms with E-state index in [1.54, 1.807) is 20.8 Å². The molecule has 0 unspecified atom stereocenters. The van der Waals surface area contributed by atoms with Gasteiger partial charge in [0.05, 0.1) is 11.8 Å². The molecule has 0 radical (unpaired) electrons. The van der Waals surface area contributed by atoms with Crippen LogP contribution in [0.1, 0.15) is 32.3 Å². The molecule has 0 saturated carbocycles. The molecule has 1 aromatic carbocycles. The van der Waals surface area contributed by atoms with E-state index in [1.165, 1.54) is 0 Å². The third-order valence-electron chi connectivity index (χ3n) is 2.43. The number of hydrogen-bond donors (Lipinski definition) is 3. The Morgan fingerprint density at radius 3 is 2.42 bits per heavy atom. The molecule has 104 valence electrons. The summed E-state index contributed by atoms with van der Waals surface area (Å²) in [6.07, 6.45) is -0.505. The molecule has 5 nitrogen and oxygen atoms in total. The molecule has 0 aliphatic heterocycles. The van der Waals surface area contributed by atoms with Crippen molar-refractivity contribution in [3.8, 4) is 0 Å². The van der Waals surface area contributed by atoms with Crippen molar-refractivity contribution >= 4 is 11.9 Å². The Labute approximate surface area is 113 Å². The van der Waals surface area contributed by atoms with Crippen LogP contribution in [0.25, 0.3) is 0 Å². The van der Waals surface area contributed by atoms with Gasteiger partial charge in [-0.2, -0.15) is 0 Å². The summed E-state index contributed by atoms with van der Waals surface area (Å²) >= 11 is 0. The molecule has 5 heteroatoms. The van der Waals surface area contributed by atoms with Crippen molar-refractivity contribution in [1.82, 2.24) is 5.32 Å². The van der Waals surface area contributed by atoms with Crippen molar-refractivity contribution in [1.29, 1.82) is 5.41 Å². The second-order valence-corrected chi connectivity index (χ2v) is 5.30. The summed E-state index contributed by atoms with van der Waals surface area (Å²) in [5.41, 5.74) is 5.93. The molecule has 1 atom stereocenters. The third kappa shape index (κ3) is 5.42. The monoisotopic (exact) mass is 263 g/mol. The van der Waals surface area contributed by atoms with Crippen LogP contribution < -0.4 is 11.1 Å². The Balaban J connectivity index is 2.62. The lowest BCUT2D eigenvalue weighted by atomic mass is 9.98. The topological polar surface area (TPSA) is 88.2 Å². The first-order valence-electron chi connectivity index (χ1n) is 6.15. The van der Waals surface area contributed by atoms with E-state index < -0.39 is 11.7 Å². The van der Waals surface area contributed by atoms with Gasteiger partial charge in [0.25, 0.3) is 0 Å². The Morgan fingerprint density at radius 2 is 1.95 bits per heavy atom. The van der Waals surface area contributed by atoms with Crippen LogP contribution >= 0.6 is 0 Å². The van der Waals surface area contributed by atoms with E-state index in [0.717, 1.165) is 5.56 Å². The van der Waals surface area contributed by atoms with Crippen molar-refractivity contribution in [3.05, 3.63) is 35.9 Å². The number of carbonyl (C=O) groups is 1. The van der Waals surface area contributed by atoms with Crippen molar-refractivity contribution < 1.29 is 9.53 Å². The predicted molar refractivity (Wildman–Crippen MR) is 75.3 cm³/mol. The van der Waals surface area contributed by atoms with Crippen LogP contribution in [0.3, 0.4) is 0 Å². The molecule has 0 spiro atoms. The predicted octanol–water partition coefficient (Wildman–Crippen LogP) is 2.23. The van der Waals surface area contributed by atoms with Crippen LogP contribution in [0, 0.1) is 5.41 Å². The van der Waals surface area contributed by atoms with E-state index in [0.29, 0.717) is 0 Å². The number of rotatable bonds is 4. The van der Waals surface area contributed by atoms with Gasteiger partial charge in [0.1, 0.15) is 5.60 Å². The summed E-state index contributed by atoms with van der Waals surface area (Å²) in [6, 6.07) is 9.39. The number of alkyl carbamates (subject to hydrolysis) is 1. The van der Waals surface area contributed by atoms with Gasteiger partial charge in [-0.1, -0.05) is 30.3 Å². The van der Waals surface area contributed by atoms with E-state index in [4.69, 9.17) is 15.9 Å². The molecule has 0 bridgehead atoms. The zero-order chi connectivity index (χ0) is 14.5. The smallest absolute Gasteiger partial charge is 0.407 e. The lowest BCUT2D eigenvalue weighted by Crippen LogP contribution is -2.37. The van der Waals surface area contributed by atoms with Gasteiger partial charge in [-0.25, -0.2) is 4.79 Å². The van der Waals surface area contributed by atoms with Crippen molar-refractivity contribution in [2.45, 2.75) is 32.3 Å². The first-order chi connectivity index (χ1) is 8.79. The molecule has 1 rings (SSSR count). The molecule has 0 fully saturated rings. The molecular weight excluding hydrogens is 242 g/mol. The van der Waals surface area contributed by atoms with Crippen molar-refractivity contribution in [3.63, 3.8) is 0 Å². The van der Waals surface area contributed by atoms with Gasteiger partial charge in [-0.05, 0) is 26.3 Å². The zero-order valence-corrected chi connectivity index (χ0v) is 11.6. The van der Waals surface area contributed by atoms with E-state index >= 15 is 0 Å². The number of ether oxygens (including phenoxy) is 1. The summed E-state index contributed by atoms with van der Waals surface area (Å²) < 4.78 is 5.14. The first-order valence-corrected chi connectivity index (χ1v) is 6.15. The first kappa shape index (κ1) is 15.0. The lowest BCUT2D eigenvalue weighted by molar-refractivity contribution is 0.0527. The zero-order valence-electron chi connectivity index (χ0n) is 11.6. The van der Waals surface area contributed by atoms with Gasteiger partial charge >= 0.3 is 6.09 Å². The SMILES string of the molecule is CC(C)(C)OC(=O)NC[C@H](C(=N)N)c1ccccc1. The summed E-state index contributed by atoms with van der Waals surface area (Å²) in [7, 11) is 0. The van der Waals surface area contributed by atoms with Crippen molar-refractivity contribution in [2.75, 3.05) is 6.54 Å². The maximum absolute atomic E-state index is 11.6. The summed E-state index contributed by atoms with van der Waals surface area (Å²) in [5.74, 6) is -0.323.